The molecule has 1 amide bonds. The summed E-state index contributed by atoms with van der Waals surface area (Å²) < 4.78 is 5.20. The fraction of sp³-hybridized carbons (Fsp3) is 0.562. The van der Waals surface area contributed by atoms with E-state index >= 15 is 0 Å². The Morgan fingerprint density at radius 2 is 2.10 bits per heavy atom. The third-order valence-corrected chi connectivity index (χ3v) is 4.22. The van der Waals surface area contributed by atoms with Gasteiger partial charge in [-0.25, -0.2) is 0 Å². The fourth-order valence-electron chi connectivity index (χ4n) is 2.81. The number of piperazine rings is 1. The van der Waals surface area contributed by atoms with Crippen LogP contribution in [0.15, 0.2) is 24.3 Å². The number of ether oxygens (including phenoxy) is 1. The molecule has 1 aromatic rings. The van der Waals surface area contributed by atoms with Crippen molar-refractivity contribution >= 4 is 5.91 Å². The van der Waals surface area contributed by atoms with Crippen molar-refractivity contribution in [3.8, 4) is 5.75 Å². The van der Waals surface area contributed by atoms with Gasteiger partial charge in [0.2, 0.25) is 5.91 Å². The molecule has 1 aromatic carbocycles. The second-order valence-corrected chi connectivity index (χ2v) is 5.73. The van der Waals surface area contributed by atoms with Gasteiger partial charge in [-0.2, -0.15) is 0 Å². The number of methoxy groups -OCH3 is 1. The minimum absolute atomic E-state index is 0.154. The third-order valence-electron chi connectivity index (χ3n) is 4.22. The molecule has 3 rings (SSSR count). The molecular weight excluding hydrogens is 252 g/mol. The molecule has 0 unspecified atom stereocenters. The van der Waals surface area contributed by atoms with E-state index in [1.54, 1.807) is 7.11 Å². The highest BCUT2D eigenvalue weighted by Crippen LogP contribution is 2.34. The predicted molar refractivity (Wildman–Crippen MR) is 77.7 cm³/mol. The molecule has 1 aliphatic heterocycles. The number of benzene rings is 1. The van der Waals surface area contributed by atoms with E-state index in [1.807, 2.05) is 12.1 Å². The first-order valence-corrected chi connectivity index (χ1v) is 7.42. The molecule has 0 radical (unpaired) electrons. The molecule has 20 heavy (non-hydrogen) atoms. The zero-order valence-electron chi connectivity index (χ0n) is 12.0. The van der Waals surface area contributed by atoms with Crippen molar-refractivity contribution in [3.63, 3.8) is 0 Å². The number of hydrogen-bond donors (Lipinski definition) is 1. The normalized spacial score (nSPS) is 22.6. The summed E-state index contributed by atoms with van der Waals surface area (Å²) in [5.74, 6) is 1.82. The van der Waals surface area contributed by atoms with E-state index in [9.17, 15) is 4.79 Å². The number of amides is 1. The van der Waals surface area contributed by atoms with Crippen LogP contribution in [-0.4, -0.2) is 37.6 Å². The minimum Gasteiger partial charge on any atom is -0.497 e. The Balaban J connectivity index is 1.74. The van der Waals surface area contributed by atoms with Crippen LogP contribution in [0.2, 0.25) is 0 Å². The third kappa shape index (κ3) is 2.96. The maximum atomic E-state index is 12.4. The Labute approximate surface area is 120 Å². The first-order chi connectivity index (χ1) is 9.78. The van der Waals surface area contributed by atoms with Gasteiger partial charge in [-0.1, -0.05) is 12.1 Å². The topological polar surface area (TPSA) is 41.6 Å². The Bertz CT molecular complexity index is 468. The first-order valence-electron chi connectivity index (χ1n) is 7.42. The average molecular weight is 274 g/mol. The summed E-state index contributed by atoms with van der Waals surface area (Å²) in [4.78, 5) is 14.5. The molecule has 0 aromatic heterocycles. The highest BCUT2D eigenvalue weighted by Gasteiger charge is 2.32. The fourth-order valence-corrected chi connectivity index (χ4v) is 2.81. The summed E-state index contributed by atoms with van der Waals surface area (Å²) in [7, 11) is 1.67. The zero-order chi connectivity index (χ0) is 13.9. The number of rotatable bonds is 4. The van der Waals surface area contributed by atoms with E-state index in [0.717, 1.165) is 31.8 Å². The van der Waals surface area contributed by atoms with Gasteiger partial charge in [0, 0.05) is 26.1 Å². The monoisotopic (exact) mass is 274 g/mol. The summed E-state index contributed by atoms with van der Waals surface area (Å²) in [6.07, 6.45) is 3.18. The lowest BCUT2D eigenvalue weighted by Crippen LogP contribution is -2.48. The molecule has 1 saturated heterocycles. The molecule has 2 aliphatic rings. The Kier molecular flexibility index (Phi) is 3.92. The van der Waals surface area contributed by atoms with Gasteiger partial charge in [-0.3, -0.25) is 4.79 Å². The van der Waals surface area contributed by atoms with Crippen molar-refractivity contribution in [1.29, 1.82) is 0 Å². The molecule has 0 spiro atoms. The van der Waals surface area contributed by atoms with Crippen molar-refractivity contribution in [2.24, 2.45) is 5.92 Å². The Morgan fingerprint density at radius 3 is 2.75 bits per heavy atom. The average Bonchev–Trinajstić information content (AvgIpc) is 3.31. The van der Waals surface area contributed by atoms with Gasteiger partial charge in [0.05, 0.1) is 13.2 Å². The predicted octanol–water partition coefficient (Wildman–Crippen LogP) is 1.97. The van der Waals surface area contributed by atoms with Gasteiger partial charge in [-0.05, 0) is 36.5 Å². The molecular formula is C16H22N2O2. The van der Waals surface area contributed by atoms with Crippen molar-refractivity contribution in [3.05, 3.63) is 29.8 Å². The lowest BCUT2D eigenvalue weighted by molar-refractivity contribution is -0.134. The quantitative estimate of drug-likeness (QED) is 0.912. The maximum Gasteiger partial charge on any atom is 0.223 e. The second-order valence-electron chi connectivity index (χ2n) is 5.73. The van der Waals surface area contributed by atoms with Crippen molar-refractivity contribution < 1.29 is 9.53 Å². The number of carbonyl (C=O) groups is 1. The molecule has 1 atom stereocenters. The van der Waals surface area contributed by atoms with Crippen LogP contribution in [0, 0.1) is 5.92 Å². The summed E-state index contributed by atoms with van der Waals surface area (Å²) in [6.45, 7) is 2.54. The summed E-state index contributed by atoms with van der Waals surface area (Å²) >= 11 is 0. The van der Waals surface area contributed by atoms with Crippen molar-refractivity contribution in [2.75, 3.05) is 26.7 Å². The van der Waals surface area contributed by atoms with E-state index in [-0.39, 0.29) is 6.04 Å². The summed E-state index contributed by atoms with van der Waals surface area (Å²) in [6, 6.07) is 8.21. The lowest BCUT2D eigenvalue weighted by Gasteiger charge is -2.36. The van der Waals surface area contributed by atoms with E-state index in [2.05, 4.69) is 22.3 Å². The molecule has 2 fully saturated rings. The number of nitrogens with zero attached hydrogens (tertiary/aromatic N) is 1. The van der Waals surface area contributed by atoms with Gasteiger partial charge in [0.25, 0.3) is 0 Å². The number of nitrogens with one attached hydrogen (secondary N) is 1. The zero-order valence-corrected chi connectivity index (χ0v) is 12.0. The van der Waals surface area contributed by atoms with Crippen molar-refractivity contribution in [1.82, 2.24) is 10.2 Å². The maximum absolute atomic E-state index is 12.4. The van der Waals surface area contributed by atoms with E-state index in [0.29, 0.717) is 11.8 Å². The lowest BCUT2D eigenvalue weighted by atomic mass is 10.0. The molecule has 1 aliphatic carbocycles. The van der Waals surface area contributed by atoms with Crippen LogP contribution >= 0.6 is 0 Å². The Morgan fingerprint density at radius 1 is 1.35 bits per heavy atom. The largest absolute Gasteiger partial charge is 0.497 e. The second kappa shape index (κ2) is 5.83. The smallest absolute Gasteiger partial charge is 0.223 e. The van der Waals surface area contributed by atoms with Crippen LogP contribution in [0.4, 0.5) is 0 Å². The number of hydrogen-bond acceptors (Lipinski definition) is 3. The molecule has 0 bridgehead atoms. The van der Waals surface area contributed by atoms with E-state index in [4.69, 9.17) is 4.74 Å². The molecule has 4 nitrogen and oxygen atoms in total. The molecule has 1 saturated carbocycles. The van der Waals surface area contributed by atoms with Crippen LogP contribution < -0.4 is 10.1 Å². The summed E-state index contributed by atoms with van der Waals surface area (Å²) in [5.41, 5.74) is 1.18. The van der Waals surface area contributed by atoms with Gasteiger partial charge in [-0.15, -0.1) is 0 Å². The van der Waals surface area contributed by atoms with Crippen LogP contribution in [-0.2, 0) is 4.79 Å². The van der Waals surface area contributed by atoms with Crippen LogP contribution in [0.5, 0.6) is 5.75 Å². The Hall–Kier alpha value is -1.55. The molecule has 1 heterocycles. The van der Waals surface area contributed by atoms with E-state index in [1.165, 1.54) is 18.4 Å². The number of carbonyl (C=O) groups excluding carboxylic acids is 1. The van der Waals surface area contributed by atoms with Crippen LogP contribution in [0.25, 0.3) is 0 Å². The van der Waals surface area contributed by atoms with Crippen molar-refractivity contribution in [2.45, 2.75) is 25.3 Å². The van der Waals surface area contributed by atoms with E-state index < -0.39 is 0 Å². The summed E-state index contributed by atoms with van der Waals surface area (Å²) in [5, 5.41) is 3.39. The van der Waals surface area contributed by atoms with Gasteiger partial charge in [0.1, 0.15) is 5.75 Å². The minimum atomic E-state index is 0.154. The van der Waals surface area contributed by atoms with Crippen LogP contribution in [0.1, 0.15) is 30.9 Å². The van der Waals surface area contributed by atoms with Gasteiger partial charge < -0.3 is 15.0 Å². The van der Waals surface area contributed by atoms with Crippen LogP contribution in [0.3, 0.4) is 0 Å². The first kappa shape index (κ1) is 13.4. The highest BCUT2D eigenvalue weighted by molar-refractivity contribution is 5.77. The molecule has 4 heteroatoms. The SMILES string of the molecule is COc1ccc([C@H]2CNCCN2C(=O)CC2CC2)cc1. The molecule has 1 N–H and O–H groups in total. The molecule has 108 valence electrons. The highest BCUT2D eigenvalue weighted by atomic mass is 16.5. The standard InChI is InChI=1S/C16H22N2O2/c1-20-14-6-4-13(5-7-14)15-11-17-8-9-18(15)16(19)10-12-2-3-12/h4-7,12,15,17H,2-3,8-11H2,1H3/t15-/m1/s1. The van der Waals surface area contributed by atoms with Gasteiger partial charge >= 0.3 is 0 Å². The van der Waals surface area contributed by atoms with Gasteiger partial charge in [0.15, 0.2) is 0 Å².